The van der Waals surface area contributed by atoms with Crippen LogP contribution >= 0.6 is 11.6 Å². The van der Waals surface area contributed by atoms with Crippen LogP contribution in [0.3, 0.4) is 0 Å². The molecule has 5 nitrogen and oxygen atoms in total. The molecule has 0 aliphatic heterocycles. The highest BCUT2D eigenvalue weighted by molar-refractivity contribution is 6.30. The predicted molar refractivity (Wildman–Crippen MR) is 64.2 cm³/mol. The normalized spacial score (nSPS) is 12.2. The average molecular weight is 259 g/mol. The van der Waals surface area contributed by atoms with Crippen molar-refractivity contribution < 1.29 is 14.3 Å². The van der Waals surface area contributed by atoms with Gasteiger partial charge in [0, 0.05) is 12.1 Å². The van der Waals surface area contributed by atoms with Crippen LogP contribution in [0.25, 0.3) is 0 Å². The van der Waals surface area contributed by atoms with Gasteiger partial charge >= 0.3 is 0 Å². The van der Waals surface area contributed by atoms with Crippen molar-refractivity contribution in [2.45, 2.75) is 12.7 Å². The summed E-state index contributed by atoms with van der Waals surface area (Å²) in [4.78, 5) is 11.3. The van der Waals surface area contributed by atoms with Gasteiger partial charge in [-0.2, -0.15) is 0 Å². The Labute approximate surface area is 105 Å². The topological polar surface area (TPSA) is 73.6 Å². The first-order valence-corrected chi connectivity index (χ1v) is 5.40. The molecule has 1 rings (SSSR count). The summed E-state index contributed by atoms with van der Waals surface area (Å²) in [6, 6.07) is 7.17. The molecule has 1 aromatic carbocycles. The second kappa shape index (κ2) is 7.24. The molecule has 0 heterocycles. The van der Waals surface area contributed by atoms with E-state index in [-0.39, 0.29) is 6.61 Å². The number of carbonyl (C=O) groups excluding carboxylic acids is 1. The minimum Gasteiger partial charge on any atom is -0.381 e. The lowest BCUT2D eigenvalue weighted by Crippen LogP contribution is -2.42. The maximum Gasteiger partial charge on any atom is 0.265 e. The molecule has 0 radical (unpaired) electrons. The van der Waals surface area contributed by atoms with E-state index in [0.717, 1.165) is 5.56 Å². The zero-order valence-corrected chi connectivity index (χ0v) is 10.2. The number of hydrazine groups is 1. The fourth-order valence-corrected chi connectivity index (χ4v) is 1.35. The Morgan fingerprint density at radius 2 is 2.12 bits per heavy atom. The van der Waals surface area contributed by atoms with Crippen molar-refractivity contribution in [3.8, 4) is 0 Å². The predicted octanol–water partition coefficient (Wildman–Crippen LogP) is 0.862. The summed E-state index contributed by atoms with van der Waals surface area (Å²) >= 11 is 5.76. The van der Waals surface area contributed by atoms with E-state index < -0.39 is 12.0 Å². The lowest BCUT2D eigenvalue weighted by atomic mass is 10.2. The standard InChI is InChI=1S/C11H15ClN2O3/c1-16-7-10(11(15)14-13)17-6-8-2-4-9(12)5-3-8/h2-5,10H,6-7,13H2,1H3,(H,14,15). The van der Waals surface area contributed by atoms with Crippen molar-refractivity contribution >= 4 is 17.5 Å². The van der Waals surface area contributed by atoms with Crippen molar-refractivity contribution in [2.75, 3.05) is 13.7 Å². The number of benzene rings is 1. The number of rotatable bonds is 6. The van der Waals surface area contributed by atoms with Gasteiger partial charge < -0.3 is 9.47 Å². The number of halogens is 1. The summed E-state index contributed by atoms with van der Waals surface area (Å²) in [5.74, 6) is 4.62. The van der Waals surface area contributed by atoms with Crippen LogP contribution in [0.1, 0.15) is 5.56 Å². The Kier molecular flexibility index (Phi) is 5.93. The van der Waals surface area contributed by atoms with E-state index in [1.807, 2.05) is 17.6 Å². The van der Waals surface area contributed by atoms with Gasteiger partial charge in [-0.15, -0.1) is 0 Å². The fourth-order valence-electron chi connectivity index (χ4n) is 1.22. The van der Waals surface area contributed by atoms with E-state index in [9.17, 15) is 4.79 Å². The van der Waals surface area contributed by atoms with Crippen molar-refractivity contribution in [3.63, 3.8) is 0 Å². The molecule has 0 spiro atoms. The van der Waals surface area contributed by atoms with Gasteiger partial charge in [0.2, 0.25) is 0 Å². The molecule has 0 aliphatic carbocycles. The Balaban J connectivity index is 2.51. The van der Waals surface area contributed by atoms with Gasteiger partial charge in [0.15, 0.2) is 6.10 Å². The summed E-state index contributed by atoms with van der Waals surface area (Å²) in [6.45, 7) is 0.440. The van der Waals surface area contributed by atoms with Gasteiger partial charge in [0.05, 0.1) is 13.2 Å². The smallest absolute Gasteiger partial charge is 0.265 e. The molecule has 1 unspecified atom stereocenters. The molecule has 0 saturated carbocycles. The third-order valence-electron chi connectivity index (χ3n) is 2.12. The second-order valence-corrected chi connectivity index (χ2v) is 3.83. The van der Waals surface area contributed by atoms with Crippen molar-refractivity contribution in [3.05, 3.63) is 34.9 Å². The van der Waals surface area contributed by atoms with Crippen LogP contribution < -0.4 is 11.3 Å². The van der Waals surface area contributed by atoms with E-state index >= 15 is 0 Å². The maximum absolute atomic E-state index is 11.3. The van der Waals surface area contributed by atoms with Gasteiger partial charge in [-0.25, -0.2) is 5.84 Å². The number of amides is 1. The van der Waals surface area contributed by atoms with Gasteiger partial charge in [-0.05, 0) is 17.7 Å². The van der Waals surface area contributed by atoms with E-state index in [2.05, 4.69) is 0 Å². The maximum atomic E-state index is 11.3. The Hall–Kier alpha value is -1.14. The minimum absolute atomic E-state index is 0.149. The first-order chi connectivity index (χ1) is 8.17. The molecule has 0 aromatic heterocycles. The van der Waals surface area contributed by atoms with Crippen LogP contribution in [-0.2, 0) is 20.9 Å². The van der Waals surface area contributed by atoms with Crippen LogP contribution in [0.4, 0.5) is 0 Å². The second-order valence-electron chi connectivity index (χ2n) is 3.39. The minimum atomic E-state index is -0.722. The van der Waals surface area contributed by atoms with Crippen LogP contribution in [0.15, 0.2) is 24.3 Å². The highest BCUT2D eigenvalue weighted by atomic mass is 35.5. The molecule has 0 bridgehead atoms. The SMILES string of the molecule is COCC(OCc1ccc(Cl)cc1)C(=O)NN. The zero-order chi connectivity index (χ0) is 12.7. The molecule has 6 heteroatoms. The van der Waals surface area contributed by atoms with Gasteiger partial charge in [0.1, 0.15) is 0 Å². The number of ether oxygens (including phenoxy) is 2. The average Bonchev–Trinajstić information content (AvgIpc) is 2.35. The first-order valence-electron chi connectivity index (χ1n) is 5.02. The summed E-state index contributed by atoms with van der Waals surface area (Å²) in [7, 11) is 1.49. The Morgan fingerprint density at radius 1 is 1.47 bits per heavy atom. The Morgan fingerprint density at radius 3 is 2.65 bits per heavy atom. The number of methoxy groups -OCH3 is 1. The Bertz CT molecular complexity index is 356. The first kappa shape index (κ1) is 13.9. The molecular formula is C11H15ClN2O3. The van der Waals surface area contributed by atoms with Gasteiger partial charge in [-0.1, -0.05) is 23.7 Å². The molecule has 1 aromatic rings. The third kappa shape index (κ3) is 4.70. The molecule has 3 N–H and O–H groups in total. The van der Waals surface area contributed by atoms with E-state index in [0.29, 0.717) is 11.6 Å². The zero-order valence-electron chi connectivity index (χ0n) is 9.48. The number of carbonyl (C=O) groups is 1. The number of hydrogen-bond donors (Lipinski definition) is 2. The van der Waals surface area contributed by atoms with Crippen LogP contribution in [-0.4, -0.2) is 25.7 Å². The molecule has 1 amide bonds. The molecule has 0 fully saturated rings. The molecule has 17 heavy (non-hydrogen) atoms. The lowest BCUT2D eigenvalue weighted by molar-refractivity contribution is -0.137. The fraction of sp³-hybridized carbons (Fsp3) is 0.364. The monoisotopic (exact) mass is 258 g/mol. The molecule has 0 saturated heterocycles. The molecule has 94 valence electrons. The number of nitrogens with two attached hydrogens (primary N) is 1. The lowest BCUT2D eigenvalue weighted by Gasteiger charge is -2.15. The highest BCUT2D eigenvalue weighted by Gasteiger charge is 2.17. The van der Waals surface area contributed by atoms with E-state index in [1.165, 1.54) is 7.11 Å². The molecule has 1 atom stereocenters. The molecular weight excluding hydrogens is 244 g/mol. The van der Waals surface area contributed by atoms with Crippen LogP contribution in [0.5, 0.6) is 0 Å². The summed E-state index contributed by atoms with van der Waals surface area (Å²) in [6.07, 6.45) is -0.722. The number of hydrogen-bond acceptors (Lipinski definition) is 4. The largest absolute Gasteiger partial charge is 0.381 e. The van der Waals surface area contributed by atoms with E-state index in [1.54, 1.807) is 12.1 Å². The van der Waals surface area contributed by atoms with Crippen molar-refractivity contribution in [1.82, 2.24) is 5.43 Å². The summed E-state index contributed by atoms with van der Waals surface area (Å²) in [5, 5.41) is 0.655. The van der Waals surface area contributed by atoms with Crippen LogP contribution in [0.2, 0.25) is 5.02 Å². The summed E-state index contributed by atoms with van der Waals surface area (Å²) in [5.41, 5.74) is 2.95. The quantitative estimate of drug-likeness (QED) is 0.451. The van der Waals surface area contributed by atoms with Gasteiger partial charge in [0.25, 0.3) is 5.91 Å². The molecule has 0 aliphatic rings. The van der Waals surface area contributed by atoms with Gasteiger partial charge in [-0.3, -0.25) is 10.2 Å². The van der Waals surface area contributed by atoms with Crippen LogP contribution in [0, 0.1) is 0 Å². The van der Waals surface area contributed by atoms with Crippen molar-refractivity contribution in [1.29, 1.82) is 0 Å². The highest BCUT2D eigenvalue weighted by Crippen LogP contribution is 2.11. The summed E-state index contributed by atoms with van der Waals surface area (Å²) < 4.78 is 10.3. The number of nitrogens with one attached hydrogen (secondary N) is 1. The third-order valence-corrected chi connectivity index (χ3v) is 2.37. The van der Waals surface area contributed by atoms with E-state index in [4.69, 9.17) is 26.9 Å². The van der Waals surface area contributed by atoms with Crippen molar-refractivity contribution in [2.24, 2.45) is 5.84 Å².